The number of hydrogen-bond acceptors (Lipinski definition) is 5. The van der Waals surface area contributed by atoms with Gasteiger partial charge in [-0.2, -0.15) is 0 Å². The summed E-state index contributed by atoms with van der Waals surface area (Å²) >= 11 is 0. The first-order valence-corrected chi connectivity index (χ1v) is 6.70. The molecule has 1 aromatic carbocycles. The number of phenolic OH excluding ortho intramolecular Hbond substituents is 1. The van der Waals surface area contributed by atoms with Crippen LogP contribution in [0.4, 0.5) is 10.1 Å². The molecule has 0 bridgehead atoms. The van der Waals surface area contributed by atoms with Crippen LogP contribution >= 0.6 is 0 Å². The quantitative estimate of drug-likeness (QED) is 0.629. The molecule has 7 heteroatoms. The van der Waals surface area contributed by atoms with Crippen LogP contribution < -0.4 is 21.3 Å². The van der Waals surface area contributed by atoms with Crippen LogP contribution in [0.15, 0.2) is 12.1 Å². The zero-order valence-electron chi connectivity index (χ0n) is 10.9. The van der Waals surface area contributed by atoms with Gasteiger partial charge in [-0.3, -0.25) is 15.2 Å². The van der Waals surface area contributed by atoms with Gasteiger partial charge in [-0.05, 0) is 43.0 Å². The number of amides is 1. The highest BCUT2D eigenvalue weighted by Crippen LogP contribution is 2.35. The maximum atomic E-state index is 14.2. The number of phenols is 1. The maximum Gasteiger partial charge on any atom is 0.256 e. The van der Waals surface area contributed by atoms with Crippen LogP contribution in [-0.4, -0.2) is 30.6 Å². The van der Waals surface area contributed by atoms with E-state index in [0.717, 1.165) is 31.5 Å². The molecule has 0 spiro atoms. The number of piperidine rings is 1. The van der Waals surface area contributed by atoms with Crippen molar-refractivity contribution in [1.29, 1.82) is 0 Å². The molecule has 0 saturated carbocycles. The SMILES string of the molecule is O=C1CN(c2c(O)cc(C3CCCNC3)cc2F)NN1. The average molecular weight is 280 g/mol. The van der Waals surface area contributed by atoms with Crippen molar-refractivity contribution in [3.8, 4) is 5.75 Å². The molecular weight excluding hydrogens is 263 g/mol. The van der Waals surface area contributed by atoms with E-state index in [1.807, 2.05) is 0 Å². The van der Waals surface area contributed by atoms with Gasteiger partial charge in [-0.25, -0.2) is 4.39 Å². The van der Waals surface area contributed by atoms with E-state index in [4.69, 9.17) is 0 Å². The van der Waals surface area contributed by atoms with E-state index >= 15 is 0 Å². The second-order valence-corrected chi connectivity index (χ2v) is 5.16. The van der Waals surface area contributed by atoms with E-state index in [1.54, 1.807) is 6.07 Å². The summed E-state index contributed by atoms with van der Waals surface area (Å²) in [6, 6.07) is 3.03. The zero-order valence-corrected chi connectivity index (χ0v) is 10.9. The van der Waals surface area contributed by atoms with Crippen LogP contribution in [0.25, 0.3) is 0 Å². The lowest BCUT2D eigenvalue weighted by Gasteiger charge is -2.25. The monoisotopic (exact) mass is 280 g/mol. The smallest absolute Gasteiger partial charge is 0.256 e. The van der Waals surface area contributed by atoms with E-state index < -0.39 is 5.82 Å². The molecule has 2 aliphatic heterocycles. The summed E-state index contributed by atoms with van der Waals surface area (Å²) in [4.78, 5) is 11.1. The van der Waals surface area contributed by atoms with Gasteiger partial charge >= 0.3 is 0 Å². The molecule has 2 saturated heterocycles. The number of nitrogens with one attached hydrogen (secondary N) is 3. The van der Waals surface area contributed by atoms with E-state index in [-0.39, 0.29) is 29.8 Å². The Bertz CT molecular complexity index is 508. The van der Waals surface area contributed by atoms with Crippen LogP contribution in [0.2, 0.25) is 0 Å². The van der Waals surface area contributed by atoms with Gasteiger partial charge in [0.1, 0.15) is 18.0 Å². The van der Waals surface area contributed by atoms with Crippen molar-refractivity contribution in [2.24, 2.45) is 0 Å². The number of carbonyl (C=O) groups excluding carboxylic acids is 1. The molecular formula is C13H17FN4O2. The first kappa shape index (κ1) is 13.1. The number of halogens is 1. The van der Waals surface area contributed by atoms with Gasteiger partial charge in [0.2, 0.25) is 0 Å². The van der Waals surface area contributed by atoms with Crippen LogP contribution in [0.1, 0.15) is 24.3 Å². The molecule has 20 heavy (non-hydrogen) atoms. The summed E-state index contributed by atoms with van der Waals surface area (Å²) in [6.07, 6.45) is 2.02. The van der Waals surface area contributed by atoms with Crippen molar-refractivity contribution in [2.75, 3.05) is 24.6 Å². The summed E-state index contributed by atoms with van der Waals surface area (Å²) in [7, 11) is 0. The lowest BCUT2D eigenvalue weighted by atomic mass is 9.91. The topological polar surface area (TPSA) is 76.6 Å². The fraction of sp³-hybridized carbons (Fsp3) is 0.462. The number of nitrogens with zero attached hydrogens (tertiary/aromatic N) is 1. The van der Waals surface area contributed by atoms with Crippen LogP contribution in [0.3, 0.4) is 0 Å². The van der Waals surface area contributed by atoms with Gasteiger partial charge in [0.05, 0.1) is 0 Å². The van der Waals surface area contributed by atoms with Gasteiger partial charge in [-0.1, -0.05) is 0 Å². The Hall–Kier alpha value is -1.86. The third-order valence-electron chi connectivity index (χ3n) is 3.74. The van der Waals surface area contributed by atoms with Gasteiger partial charge in [0, 0.05) is 6.54 Å². The Morgan fingerprint density at radius 2 is 2.25 bits per heavy atom. The van der Waals surface area contributed by atoms with Crippen molar-refractivity contribution >= 4 is 11.6 Å². The van der Waals surface area contributed by atoms with Crippen molar-refractivity contribution in [2.45, 2.75) is 18.8 Å². The Labute approximate surface area is 115 Å². The molecule has 2 fully saturated rings. The van der Waals surface area contributed by atoms with Crippen molar-refractivity contribution in [3.63, 3.8) is 0 Å². The summed E-state index contributed by atoms with van der Waals surface area (Å²) in [6.45, 7) is 1.74. The fourth-order valence-electron chi connectivity index (χ4n) is 2.73. The molecule has 6 nitrogen and oxygen atoms in total. The maximum absolute atomic E-state index is 14.2. The first-order valence-electron chi connectivity index (χ1n) is 6.70. The van der Waals surface area contributed by atoms with Crippen LogP contribution in [-0.2, 0) is 4.79 Å². The summed E-state index contributed by atoms with van der Waals surface area (Å²) in [5.74, 6) is -0.752. The van der Waals surface area contributed by atoms with Gasteiger partial charge in [-0.15, -0.1) is 5.53 Å². The van der Waals surface area contributed by atoms with E-state index in [9.17, 15) is 14.3 Å². The van der Waals surface area contributed by atoms with Crippen LogP contribution in [0, 0.1) is 5.82 Å². The highest BCUT2D eigenvalue weighted by Gasteiger charge is 2.26. The molecule has 0 radical (unpaired) electrons. The highest BCUT2D eigenvalue weighted by molar-refractivity contribution is 5.84. The third-order valence-corrected chi connectivity index (χ3v) is 3.74. The minimum atomic E-state index is -0.533. The van der Waals surface area contributed by atoms with E-state index in [2.05, 4.69) is 16.3 Å². The Balaban J connectivity index is 1.88. The predicted octanol–water partition coefficient (Wildman–Crippen LogP) is 0.354. The summed E-state index contributed by atoms with van der Waals surface area (Å²) in [5.41, 5.74) is 5.66. The van der Waals surface area contributed by atoms with Crippen LogP contribution in [0.5, 0.6) is 5.75 Å². The lowest BCUT2D eigenvalue weighted by Crippen LogP contribution is -2.37. The minimum Gasteiger partial charge on any atom is -0.506 e. The molecule has 0 aromatic heterocycles. The Kier molecular flexibility index (Phi) is 3.45. The molecule has 1 aromatic rings. The van der Waals surface area contributed by atoms with Gasteiger partial charge in [0.15, 0.2) is 5.82 Å². The highest BCUT2D eigenvalue weighted by atomic mass is 19.1. The van der Waals surface area contributed by atoms with Crippen molar-refractivity contribution < 1.29 is 14.3 Å². The van der Waals surface area contributed by atoms with Crippen molar-refractivity contribution in [3.05, 3.63) is 23.5 Å². The third kappa shape index (κ3) is 2.41. The van der Waals surface area contributed by atoms with Crippen molar-refractivity contribution in [1.82, 2.24) is 16.3 Å². The molecule has 1 unspecified atom stereocenters. The lowest BCUT2D eigenvalue weighted by molar-refractivity contribution is -0.118. The second-order valence-electron chi connectivity index (χ2n) is 5.16. The van der Waals surface area contributed by atoms with Gasteiger partial charge in [0.25, 0.3) is 5.91 Å². The number of carbonyl (C=O) groups is 1. The number of hydrazine groups is 2. The standard InChI is InChI=1S/C13H17FN4O2/c14-10-4-9(8-2-1-3-15-6-8)5-11(19)13(10)18-7-12(20)16-17-18/h4-5,8,15,17,19H,1-3,6-7H2,(H,16,20). The minimum absolute atomic E-state index is 0.00383. The molecule has 4 N–H and O–H groups in total. The molecule has 3 rings (SSSR count). The largest absolute Gasteiger partial charge is 0.506 e. The molecule has 1 amide bonds. The predicted molar refractivity (Wildman–Crippen MR) is 71.5 cm³/mol. The van der Waals surface area contributed by atoms with E-state index in [1.165, 1.54) is 11.1 Å². The molecule has 1 atom stereocenters. The summed E-state index contributed by atoms with van der Waals surface area (Å²) < 4.78 is 14.2. The first-order chi connectivity index (χ1) is 9.65. The summed E-state index contributed by atoms with van der Waals surface area (Å²) in [5, 5.41) is 14.6. The van der Waals surface area contributed by atoms with Gasteiger partial charge < -0.3 is 10.4 Å². The zero-order chi connectivity index (χ0) is 14.1. The molecule has 2 aliphatic rings. The number of anilines is 1. The number of aromatic hydroxyl groups is 1. The number of rotatable bonds is 2. The fourth-order valence-corrected chi connectivity index (χ4v) is 2.73. The molecule has 0 aliphatic carbocycles. The average Bonchev–Trinajstić information content (AvgIpc) is 2.85. The number of benzene rings is 1. The normalized spacial score (nSPS) is 22.9. The molecule has 2 heterocycles. The number of hydrogen-bond donors (Lipinski definition) is 4. The Morgan fingerprint density at radius 3 is 2.85 bits per heavy atom. The van der Waals surface area contributed by atoms with E-state index in [0.29, 0.717) is 0 Å². The Morgan fingerprint density at radius 1 is 1.40 bits per heavy atom. The molecule has 108 valence electrons. The second kappa shape index (κ2) is 5.26.